The molecular weight excluding hydrogens is 306 g/mol. The summed E-state index contributed by atoms with van der Waals surface area (Å²) >= 11 is 5.83. The van der Waals surface area contributed by atoms with Gasteiger partial charge in [-0.05, 0) is 18.9 Å². The quantitative estimate of drug-likeness (QED) is 0.797. The van der Waals surface area contributed by atoms with E-state index >= 15 is 0 Å². The Hall–Kier alpha value is -1.86. The van der Waals surface area contributed by atoms with E-state index < -0.39 is 0 Å². The number of aromatic nitrogens is 4. The van der Waals surface area contributed by atoms with E-state index in [2.05, 4.69) is 20.6 Å². The van der Waals surface area contributed by atoms with Crippen LogP contribution in [0.15, 0.2) is 18.5 Å². The monoisotopic (exact) mass is 323 g/mol. The van der Waals surface area contributed by atoms with Crippen LogP contribution in [0.25, 0.3) is 0 Å². The number of nitrogens with one attached hydrogen (secondary N) is 2. The minimum absolute atomic E-state index is 0.0171. The highest BCUT2D eigenvalue weighted by atomic mass is 35.5. The molecule has 2 aromatic rings. The van der Waals surface area contributed by atoms with Gasteiger partial charge in [-0.15, -0.1) is 5.10 Å². The number of H-pyrrole nitrogens is 1. The van der Waals surface area contributed by atoms with Crippen molar-refractivity contribution in [2.24, 2.45) is 0 Å². The van der Waals surface area contributed by atoms with Gasteiger partial charge in [0.15, 0.2) is 0 Å². The molecule has 0 aliphatic heterocycles. The van der Waals surface area contributed by atoms with Gasteiger partial charge in [0, 0.05) is 6.20 Å². The van der Waals surface area contributed by atoms with Crippen LogP contribution in [0.1, 0.15) is 47.9 Å². The van der Waals surface area contributed by atoms with Crippen molar-refractivity contribution in [3.63, 3.8) is 0 Å². The second kappa shape index (κ2) is 6.50. The van der Waals surface area contributed by atoms with E-state index in [0.29, 0.717) is 16.4 Å². The number of aliphatic hydroxyl groups excluding tert-OH is 1. The summed E-state index contributed by atoms with van der Waals surface area (Å²) in [6.45, 7) is -0.134. The van der Waals surface area contributed by atoms with Crippen LogP contribution < -0.4 is 5.32 Å². The van der Waals surface area contributed by atoms with Crippen LogP contribution in [0.5, 0.6) is 0 Å². The Morgan fingerprint density at radius 2 is 2.32 bits per heavy atom. The standard InChI is InChI=1S/C14H18ClN5O2/c15-9-5-12(16-6-9)14(22)17-11-3-1-2-4-13(11)20-7-10(8-21)18-19-20/h5-7,11,13,16,21H,1-4,8H2,(H,17,22)/t11-,13+/m0/s1. The van der Waals surface area contributed by atoms with Gasteiger partial charge in [0.05, 0.1) is 29.9 Å². The minimum Gasteiger partial charge on any atom is -0.390 e. The van der Waals surface area contributed by atoms with Gasteiger partial charge in [0.25, 0.3) is 5.91 Å². The molecule has 0 saturated heterocycles. The second-order valence-electron chi connectivity index (χ2n) is 5.51. The van der Waals surface area contributed by atoms with Crippen molar-refractivity contribution in [3.8, 4) is 0 Å². The van der Waals surface area contributed by atoms with E-state index in [0.717, 1.165) is 25.7 Å². The zero-order valence-corrected chi connectivity index (χ0v) is 12.8. The third-order valence-corrected chi connectivity index (χ3v) is 4.22. The largest absolute Gasteiger partial charge is 0.390 e. The first-order valence-corrected chi connectivity index (χ1v) is 7.71. The number of halogens is 1. The Kier molecular flexibility index (Phi) is 4.44. The van der Waals surface area contributed by atoms with Gasteiger partial charge in [-0.3, -0.25) is 4.79 Å². The molecule has 2 atom stereocenters. The summed E-state index contributed by atoms with van der Waals surface area (Å²) in [7, 11) is 0. The van der Waals surface area contributed by atoms with Crippen LogP contribution in [0.3, 0.4) is 0 Å². The normalized spacial score (nSPS) is 21.7. The topological polar surface area (TPSA) is 95.8 Å². The smallest absolute Gasteiger partial charge is 0.268 e. The fraction of sp³-hybridized carbons (Fsp3) is 0.500. The van der Waals surface area contributed by atoms with E-state index in [1.165, 1.54) is 0 Å². The molecule has 22 heavy (non-hydrogen) atoms. The van der Waals surface area contributed by atoms with Crippen LogP contribution in [-0.2, 0) is 6.61 Å². The maximum absolute atomic E-state index is 12.3. The van der Waals surface area contributed by atoms with Gasteiger partial charge in [0.1, 0.15) is 11.4 Å². The van der Waals surface area contributed by atoms with Gasteiger partial charge in [0.2, 0.25) is 0 Å². The summed E-state index contributed by atoms with van der Waals surface area (Å²) in [6.07, 6.45) is 7.28. The Morgan fingerprint density at radius 1 is 1.50 bits per heavy atom. The average Bonchev–Trinajstić information content (AvgIpc) is 3.16. The fourth-order valence-electron chi connectivity index (χ4n) is 2.89. The van der Waals surface area contributed by atoms with Gasteiger partial charge in [-0.25, -0.2) is 4.68 Å². The van der Waals surface area contributed by atoms with E-state index in [1.807, 2.05) is 0 Å². The van der Waals surface area contributed by atoms with Crippen molar-refractivity contribution in [2.75, 3.05) is 0 Å². The summed E-state index contributed by atoms with van der Waals surface area (Å²) in [6, 6.07) is 1.64. The Morgan fingerprint density at radius 3 is 3.00 bits per heavy atom. The Balaban J connectivity index is 1.73. The number of hydrogen-bond donors (Lipinski definition) is 3. The molecule has 0 unspecified atom stereocenters. The van der Waals surface area contributed by atoms with E-state index in [-0.39, 0.29) is 24.6 Å². The molecule has 0 bridgehead atoms. The first-order valence-electron chi connectivity index (χ1n) is 7.33. The molecule has 1 fully saturated rings. The second-order valence-corrected chi connectivity index (χ2v) is 5.95. The summed E-state index contributed by atoms with van der Waals surface area (Å²) in [5.74, 6) is -0.175. The molecule has 2 aromatic heterocycles. The van der Waals surface area contributed by atoms with Crippen LogP contribution in [-0.4, -0.2) is 37.0 Å². The van der Waals surface area contributed by atoms with Gasteiger partial charge >= 0.3 is 0 Å². The Bertz CT molecular complexity index is 653. The predicted octanol–water partition coefficient (Wildman–Crippen LogP) is 1.67. The lowest BCUT2D eigenvalue weighted by Crippen LogP contribution is -2.43. The number of hydrogen-bond acceptors (Lipinski definition) is 4. The van der Waals surface area contributed by atoms with Crippen molar-refractivity contribution in [2.45, 2.75) is 44.4 Å². The Labute approximate surface area is 132 Å². The number of rotatable bonds is 4. The van der Waals surface area contributed by atoms with E-state index in [4.69, 9.17) is 16.7 Å². The fourth-order valence-corrected chi connectivity index (χ4v) is 3.05. The highest BCUT2D eigenvalue weighted by molar-refractivity contribution is 6.30. The summed E-state index contributed by atoms with van der Waals surface area (Å²) in [5, 5.41) is 20.6. The number of nitrogens with zero attached hydrogens (tertiary/aromatic N) is 3. The SMILES string of the molecule is O=C(N[C@H]1CCCC[C@H]1n1cc(CO)nn1)c1cc(Cl)c[nH]1. The summed E-state index contributed by atoms with van der Waals surface area (Å²) < 4.78 is 1.75. The maximum Gasteiger partial charge on any atom is 0.268 e. The number of carbonyl (C=O) groups is 1. The van der Waals surface area contributed by atoms with Crippen molar-refractivity contribution < 1.29 is 9.90 Å². The minimum atomic E-state index is -0.175. The molecule has 0 spiro atoms. The number of aliphatic hydroxyl groups is 1. The van der Waals surface area contributed by atoms with Crippen LogP contribution in [0, 0.1) is 0 Å². The van der Waals surface area contributed by atoms with Crippen LogP contribution >= 0.6 is 11.6 Å². The molecular formula is C14H18ClN5O2. The molecule has 2 heterocycles. The molecule has 0 radical (unpaired) electrons. The number of amides is 1. The molecule has 3 rings (SSSR count). The molecule has 1 aliphatic rings. The molecule has 7 nitrogen and oxygen atoms in total. The third kappa shape index (κ3) is 3.15. The summed E-state index contributed by atoms with van der Waals surface area (Å²) in [4.78, 5) is 15.1. The third-order valence-electron chi connectivity index (χ3n) is 4.00. The van der Waals surface area contributed by atoms with Crippen molar-refractivity contribution in [1.82, 2.24) is 25.3 Å². The molecule has 3 N–H and O–H groups in total. The lowest BCUT2D eigenvalue weighted by Gasteiger charge is -2.31. The average molecular weight is 324 g/mol. The maximum atomic E-state index is 12.3. The molecule has 1 saturated carbocycles. The zero-order valence-electron chi connectivity index (χ0n) is 12.0. The highest BCUT2D eigenvalue weighted by Crippen LogP contribution is 2.28. The van der Waals surface area contributed by atoms with E-state index in [1.54, 1.807) is 23.1 Å². The molecule has 118 valence electrons. The predicted molar refractivity (Wildman–Crippen MR) is 80.5 cm³/mol. The number of aromatic amines is 1. The van der Waals surface area contributed by atoms with Crippen LogP contribution in [0.4, 0.5) is 0 Å². The lowest BCUT2D eigenvalue weighted by atomic mass is 9.90. The van der Waals surface area contributed by atoms with Crippen molar-refractivity contribution >= 4 is 17.5 Å². The number of carbonyl (C=O) groups excluding carboxylic acids is 1. The van der Waals surface area contributed by atoms with Crippen molar-refractivity contribution in [1.29, 1.82) is 0 Å². The first-order chi connectivity index (χ1) is 10.7. The van der Waals surface area contributed by atoms with E-state index in [9.17, 15) is 4.79 Å². The van der Waals surface area contributed by atoms with Gasteiger partial charge in [-0.2, -0.15) is 0 Å². The molecule has 8 heteroatoms. The molecule has 1 amide bonds. The first kappa shape index (κ1) is 15.1. The zero-order chi connectivity index (χ0) is 15.5. The van der Waals surface area contributed by atoms with Crippen LogP contribution in [0.2, 0.25) is 5.02 Å². The summed E-state index contributed by atoms with van der Waals surface area (Å²) in [5.41, 5.74) is 0.982. The van der Waals surface area contributed by atoms with Gasteiger partial charge < -0.3 is 15.4 Å². The molecule has 1 aliphatic carbocycles. The molecule has 0 aromatic carbocycles. The lowest BCUT2D eigenvalue weighted by molar-refractivity contribution is 0.0900. The van der Waals surface area contributed by atoms with Crippen molar-refractivity contribution in [3.05, 3.63) is 34.9 Å². The highest BCUT2D eigenvalue weighted by Gasteiger charge is 2.29. The van der Waals surface area contributed by atoms with Gasteiger partial charge in [-0.1, -0.05) is 29.7 Å².